The van der Waals surface area contributed by atoms with Gasteiger partial charge in [-0.2, -0.15) is 5.26 Å². The zero-order chi connectivity index (χ0) is 7.66. The molecule has 0 aromatic rings. The standard InChI is InChI=1S/C8H10N2/c1-2-10-8-6-4-3-5-7-9/h2-4,6,8H,5H2,1H3/b4-3+,8-6-,10-2-. The predicted octanol–water partition coefficient (Wildman–Crippen LogP) is 2.06. The third kappa shape index (κ3) is 6.64. The number of allylic oxidation sites excluding steroid dienone is 3. The zero-order valence-corrected chi connectivity index (χ0v) is 5.99. The average molecular weight is 134 g/mol. The van der Waals surface area contributed by atoms with Gasteiger partial charge in [0.25, 0.3) is 0 Å². The molecule has 2 nitrogen and oxygen atoms in total. The normalized spacial score (nSPS) is 11.6. The summed E-state index contributed by atoms with van der Waals surface area (Å²) in [6.07, 6.45) is 9.21. The van der Waals surface area contributed by atoms with Gasteiger partial charge in [-0.1, -0.05) is 12.2 Å². The first-order chi connectivity index (χ1) is 4.91. The van der Waals surface area contributed by atoms with Gasteiger partial charge in [0, 0.05) is 12.4 Å². The Bertz CT molecular complexity index is 182. The van der Waals surface area contributed by atoms with E-state index in [-0.39, 0.29) is 0 Å². The van der Waals surface area contributed by atoms with Crippen molar-refractivity contribution < 1.29 is 0 Å². The van der Waals surface area contributed by atoms with Crippen LogP contribution in [0.3, 0.4) is 0 Å². The number of rotatable bonds is 3. The van der Waals surface area contributed by atoms with Crippen LogP contribution < -0.4 is 0 Å². The third-order valence-corrected chi connectivity index (χ3v) is 0.778. The molecule has 0 fully saturated rings. The topological polar surface area (TPSA) is 36.1 Å². The SMILES string of the molecule is C\C=N/C=C\C=C\CC#N. The molecule has 0 amide bonds. The lowest BCUT2D eigenvalue weighted by Gasteiger charge is -1.72. The molecule has 0 aromatic heterocycles. The van der Waals surface area contributed by atoms with Crippen LogP contribution >= 0.6 is 0 Å². The van der Waals surface area contributed by atoms with E-state index < -0.39 is 0 Å². The number of aliphatic imine (C=N–C) groups is 1. The maximum atomic E-state index is 8.11. The Morgan fingerprint density at radius 3 is 2.90 bits per heavy atom. The van der Waals surface area contributed by atoms with Crippen molar-refractivity contribution in [1.82, 2.24) is 0 Å². The molecule has 0 aliphatic heterocycles. The second-order valence-electron chi connectivity index (χ2n) is 1.54. The van der Waals surface area contributed by atoms with Crippen molar-refractivity contribution in [3.63, 3.8) is 0 Å². The van der Waals surface area contributed by atoms with Crippen LogP contribution in [0.5, 0.6) is 0 Å². The molecular formula is C8H10N2. The molecule has 0 rings (SSSR count). The number of hydrogen-bond donors (Lipinski definition) is 0. The Labute approximate surface area is 61.2 Å². The summed E-state index contributed by atoms with van der Waals surface area (Å²) in [5.74, 6) is 0. The van der Waals surface area contributed by atoms with Gasteiger partial charge in [0.15, 0.2) is 0 Å². The van der Waals surface area contributed by atoms with Crippen LogP contribution in [0.15, 0.2) is 29.4 Å². The Hall–Kier alpha value is -1.36. The average Bonchev–Trinajstić information content (AvgIpc) is 1.97. The highest BCUT2D eigenvalue weighted by atomic mass is 14.6. The minimum Gasteiger partial charge on any atom is -0.269 e. The largest absolute Gasteiger partial charge is 0.269 e. The molecule has 0 spiro atoms. The highest BCUT2D eigenvalue weighted by Crippen LogP contribution is 1.81. The molecule has 0 unspecified atom stereocenters. The quantitative estimate of drug-likeness (QED) is 0.430. The minimum atomic E-state index is 0.459. The molecule has 0 N–H and O–H groups in total. The van der Waals surface area contributed by atoms with Crippen molar-refractivity contribution in [3.05, 3.63) is 24.4 Å². The third-order valence-electron chi connectivity index (χ3n) is 0.778. The van der Waals surface area contributed by atoms with Gasteiger partial charge >= 0.3 is 0 Å². The molecule has 0 saturated heterocycles. The summed E-state index contributed by atoms with van der Waals surface area (Å²) in [6, 6.07) is 2.00. The fourth-order valence-corrected chi connectivity index (χ4v) is 0.385. The van der Waals surface area contributed by atoms with Gasteiger partial charge in [-0.3, -0.25) is 4.99 Å². The van der Waals surface area contributed by atoms with Gasteiger partial charge in [-0.05, 0) is 13.0 Å². The second kappa shape index (κ2) is 7.64. The van der Waals surface area contributed by atoms with Crippen LogP contribution in [0.25, 0.3) is 0 Å². The van der Waals surface area contributed by atoms with Crippen molar-refractivity contribution in [1.29, 1.82) is 5.26 Å². The van der Waals surface area contributed by atoms with E-state index in [0.717, 1.165) is 0 Å². The summed E-state index contributed by atoms with van der Waals surface area (Å²) in [7, 11) is 0. The zero-order valence-electron chi connectivity index (χ0n) is 5.99. The molecule has 0 bridgehead atoms. The molecule has 52 valence electrons. The summed E-state index contributed by atoms with van der Waals surface area (Å²) in [6.45, 7) is 1.85. The maximum absolute atomic E-state index is 8.11. The van der Waals surface area contributed by atoms with Crippen LogP contribution in [0.4, 0.5) is 0 Å². The number of nitriles is 1. The lowest BCUT2D eigenvalue weighted by atomic mass is 10.4. The van der Waals surface area contributed by atoms with Crippen molar-refractivity contribution >= 4 is 6.21 Å². The molecule has 10 heavy (non-hydrogen) atoms. The molecule has 2 heteroatoms. The van der Waals surface area contributed by atoms with Gasteiger partial charge in [-0.15, -0.1) is 0 Å². The van der Waals surface area contributed by atoms with Crippen LogP contribution in [-0.2, 0) is 0 Å². The predicted molar refractivity (Wildman–Crippen MR) is 42.7 cm³/mol. The molecule has 0 aliphatic carbocycles. The van der Waals surface area contributed by atoms with Gasteiger partial charge in [0.1, 0.15) is 0 Å². The number of hydrogen-bond acceptors (Lipinski definition) is 2. The van der Waals surface area contributed by atoms with Gasteiger partial charge in [0.2, 0.25) is 0 Å². The van der Waals surface area contributed by atoms with E-state index in [9.17, 15) is 0 Å². The first kappa shape index (κ1) is 8.64. The van der Waals surface area contributed by atoms with Crippen molar-refractivity contribution in [3.8, 4) is 6.07 Å². The molecule has 0 aromatic carbocycles. The smallest absolute Gasteiger partial charge is 0.0663 e. The molecule has 0 heterocycles. The summed E-state index contributed by atoms with van der Waals surface area (Å²) in [5, 5.41) is 8.11. The molecular weight excluding hydrogens is 124 g/mol. The summed E-state index contributed by atoms with van der Waals surface area (Å²) in [4.78, 5) is 3.83. The monoisotopic (exact) mass is 134 g/mol. The van der Waals surface area contributed by atoms with Crippen molar-refractivity contribution in [2.75, 3.05) is 0 Å². The summed E-state index contributed by atoms with van der Waals surface area (Å²) >= 11 is 0. The van der Waals surface area contributed by atoms with E-state index >= 15 is 0 Å². The maximum Gasteiger partial charge on any atom is 0.0663 e. The van der Waals surface area contributed by atoms with Crippen LogP contribution in [0, 0.1) is 11.3 Å². The molecule has 0 atom stereocenters. The van der Waals surface area contributed by atoms with E-state index in [4.69, 9.17) is 5.26 Å². The lowest BCUT2D eigenvalue weighted by Crippen LogP contribution is -1.56. The van der Waals surface area contributed by atoms with Crippen LogP contribution in [0.1, 0.15) is 13.3 Å². The lowest BCUT2D eigenvalue weighted by molar-refractivity contribution is 1.35. The van der Waals surface area contributed by atoms with E-state index in [0.29, 0.717) is 6.42 Å². The Balaban J connectivity index is 3.44. The molecule has 0 saturated carbocycles. The first-order valence-corrected chi connectivity index (χ1v) is 3.08. The van der Waals surface area contributed by atoms with Crippen LogP contribution in [-0.4, -0.2) is 6.21 Å². The highest BCUT2D eigenvalue weighted by Gasteiger charge is 1.65. The Morgan fingerprint density at radius 1 is 1.50 bits per heavy atom. The summed E-state index contributed by atoms with van der Waals surface area (Å²) in [5.41, 5.74) is 0. The Kier molecular flexibility index (Phi) is 6.60. The minimum absolute atomic E-state index is 0.459. The number of nitrogens with zero attached hydrogens (tertiary/aromatic N) is 2. The molecule has 0 radical (unpaired) electrons. The van der Waals surface area contributed by atoms with E-state index in [1.165, 1.54) is 0 Å². The van der Waals surface area contributed by atoms with Gasteiger partial charge < -0.3 is 0 Å². The van der Waals surface area contributed by atoms with E-state index in [1.54, 1.807) is 30.6 Å². The van der Waals surface area contributed by atoms with Crippen molar-refractivity contribution in [2.45, 2.75) is 13.3 Å². The highest BCUT2D eigenvalue weighted by molar-refractivity contribution is 5.54. The second-order valence-corrected chi connectivity index (χ2v) is 1.54. The Morgan fingerprint density at radius 2 is 2.30 bits per heavy atom. The fourth-order valence-electron chi connectivity index (χ4n) is 0.385. The van der Waals surface area contributed by atoms with E-state index in [1.807, 2.05) is 13.0 Å². The van der Waals surface area contributed by atoms with Crippen LogP contribution in [0.2, 0.25) is 0 Å². The first-order valence-electron chi connectivity index (χ1n) is 3.08. The van der Waals surface area contributed by atoms with E-state index in [2.05, 4.69) is 4.99 Å². The summed E-state index contributed by atoms with van der Waals surface area (Å²) < 4.78 is 0. The van der Waals surface area contributed by atoms with Gasteiger partial charge in [-0.25, -0.2) is 0 Å². The van der Waals surface area contributed by atoms with Gasteiger partial charge in [0.05, 0.1) is 12.5 Å². The fraction of sp³-hybridized carbons (Fsp3) is 0.250. The molecule has 0 aliphatic rings. The van der Waals surface area contributed by atoms with Crippen molar-refractivity contribution in [2.24, 2.45) is 4.99 Å².